The number of carboxylic acids is 1. The number of unbranched alkanes of at least 4 members (excludes halogenated alkanes) is 30. The molecule has 1 heterocycles. The summed E-state index contributed by atoms with van der Waals surface area (Å²) in [6.07, 6.45) is 59.9. The largest absolute Gasteiger partial charge is 0.479 e. The van der Waals surface area contributed by atoms with Crippen molar-refractivity contribution in [3.63, 3.8) is 0 Å². The molecule has 0 aromatic heterocycles. The molecular weight excluding hydrogens is 1020 g/mol. The van der Waals surface area contributed by atoms with Crippen molar-refractivity contribution in [2.24, 2.45) is 0 Å². The lowest BCUT2D eigenvalue weighted by molar-refractivity contribution is -0.301. The zero-order valence-corrected chi connectivity index (χ0v) is 51.5. The third-order valence-corrected chi connectivity index (χ3v) is 14.8. The summed E-state index contributed by atoms with van der Waals surface area (Å²) in [5, 5.41) is 31.6. The van der Waals surface area contributed by atoms with E-state index in [9.17, 15) is 34.5 Å². The van der Waals surface area contributed by atoms with Gasteiger partial charge in [-0.2, -0.15) is 0 Å². The Morgan fingerprint density at radius 3 is 1.21 bits per heavy atom. The molecule has 1 aliphatic heterocycles. The number of carbonyl (C=O) groups excluding carboxylic acids is 3. The molecule has 81 heavy (non-hydrogen) atoms. The normalized spacial score (nSPS) is 18.2. The summed E-state index contributed by atoms with van der Waals surface area (Å²) in [6, 6.07) is 0. The maximum Gasteiger partial charge on any atom is 0.335 e. The standard InChI is InChI=1S/C69H118O12/c1-4-7-10-13-16-19-22-25-28-30-31-33-35-37-40-43-46-49-52-55-61(70)77-58-60(79-62(71)56-53-50-47-44-41-38-34-27-24-21-18-15-12-9-6-3)59-78-69-67(65(74)64(73)66(81-69)68(75)76)80-63(72)57-54-51-48-45-42-39-36-32-29-26-23-20-17-14-11-8-5-2/h7,10,16-17,19-20,25-26,28-29,31,33,60,64-67,69,73-74H,4-6,8-9,11-15,18,21-24,27,30,32,34-59H2,1-3H3,(H,75,76)/b10-7-,19-16-,20-17-,28-25-,29-26-,33-31-. The summed E-state index contributed by atoms with van der Waals surface area (Å²) in [6.45, 7) is 5.88. The highest BCUT2D eigenvalue weighted by Crippen LogP contribution is 2.27. The van der Waals surface area contributed by atoms with Crippen molar-refractivity contribution in [1.29, 1.82) is 0 Å². The van der Waals surface area contributed by atoms with Crippen molar-refractivity contribution < 1.29 is 58.2 Å². The lowest BCUT2D eigenvalue weighted by Gasteiger charge is -2.40. The maximum absolute atomic E-state index is 13.2. The molecule has 0 aromatic rings. The van der Waals surface area contributed by atoms with Gasteiger partial charge in [0, 0.05) is 19.3 Å². The number of hydrogen-bond acceptors (Lipinski definition) is 11. The van der Waals surface area contributed by atoms with E-state index >= 15 is 0 Å². The molecule has 0 aromatic carbocycles. The fourth-order valence-electron chi connectivity index (χ4n) is 9.74. The predicted molar refractivity (Wildman–Crippen MR) is 331 cm³/mol. The molecule has 0 radical (unpaired) electrons. The first kappa shape index (κ1) is 75.2. The Kier molecular flexibility index (Phi) is 52.6. The van der Waals surface area contributed by atoms with Gasteiger partial charge in [0.25, 0.3) is 0 Å². The Labute approximate surface area is 493 Å². The Morgan fingerprint density at radius 2 is 0.778 bits per heavy atom. The van der Waals surface area contributed by atoms with Crippen LogP contribution in [0.15, 0.2) is 72.9 Å². The lowest BCUT2D eigenvalue weighted by Crippen LogP contribution is -2.61. The second-order valence-corrected chi connectivity index (χ2v) is 22.4. The molecule has 6 unspecified atom stereocenters. The molecule has 6 atom stereocenters. The monoisotopic (exact) mass is 1140 g/mol. The van der Waals surface area contributed by atoms with E-state index in [-0.39, 0.29) is 25.9 Å². The molecule has 12 nitrogen and oxygen atoms in total. The topological polar surface area (TPSA) is 175 Å². The highest BCUT2D eigenvalue weighted by atomic mass is 16.7. The SMILES string of the molecule is CC/C=C\C/C=C\C/C=C\C/C=C\CCCCCCCCC(=O)OCC(COC1OC(C(=O)O)C(O)C(O)C1OC(=O)CCCCCCCCC/C=C\C/C=C\CCCCC)OC(=O)CCCCCCCCCCCCCCCCC. The molecule has 1 rings (SSSR count). The Bertz CT molecular complexity index is 1680. The van der Waals surface area contributed by atoms with Crippen molar-refractivity contribution in [3.05, 3.63) is 72.9 Å². The third kappa shape index (κ3) is 46.3. The minimum atomic E-state index is -1.91. The summed E-state index contributed by atoms with van der Waals surface area (Å²) < 4.78 is 28.5. The van der Waals surface area contributed by atoms with Gasteiger partial charge < -0.3 is 39.0 Å². The molecule has 0 bridgehead atoms. The van der Waals surface area contributed by atoms with E-state index < -0.39 is 67.3 Å². The zero-order chi connectivity index (χ0) is 58.9. The molecule has 12 heteroatoms. The second kappa shape index (κ2) is 56.6. The Balaban J connectivity index is 2.66. The van der Waals surface area contributed by atoms with E-state index in [0.29, 0.717) is 19.3 Å². The highest BCUT2D eigenvalue weighted by Gasteiger charge is 2.50. The number of esters is 3. The van der Waals surface area contributed by atoms with Gasteiger partial charge in [-0.15, -0.1) is 0 Å². The fraction of sp³-hybridized carbons (Fsp3) is 0.768. The van der Waals surface area contributed by atoms with E-state index in [0.717, 1.165) is 141 Å². The maximum atomic E-state index is 13.2. The number of aliphatic carboxylic acids is 1. The molecule has 1 saturated heterocycles. The first-order chi connectivity index (χ1) is 39.6. The van der Waals surface area contributed by atoms with Crippen LogP contribution in [0.4, 0.5) is 0 Å². The first-order valence-corrected chi connectivity index (χ1v) is 32.9. The third-order valence-electron chi connectivity index (χ3n) is 14.8. The van der Waals surface area contributed by atoms with Gasteiger partial charge in [-0.25, -0.2) is 4.79 Å². The molecule has 3 N–H and O–H groups in total. The summed E-state index contributed by atoms with van der Waals surface area (Å²) in [5.41, 5.74) is 0. The van der Waals surface area contributed by atoms with E-state index in [1.165, 1.54) is 89.9 Å². The molecule has 466 valence electrons. The predicted octanol–water partition coefficient (Wildman–Crippen LogP) is 17.7. The summed E-state index contributed by atoms with van der Waals surface area (Å²) in [4.78, 5) is 51.4. The molecular formula is C69H118O12. The van der Waals surface area contributed by atoms with Gasteiger partial charge in [0.2, 0.25) is 0 Å². The number of carboxylic acid groups (broad SMARTS) is 1. The molecule has 0 aliphatic carbocycles. The van der Waals surface area contributed by atoms with Gasteiger partial charge in [-0.05, 0) is 89.9 Å². The van der Waals surface area contributed by atoms with Crippen LogP contribution in [0.3, 0.4) is 0 Å². The van der Waals surface area contributed by atoms with Crippen molar-refractivity contribution in [1.82, 2.24) is 0 Å². The number of carbonyl (C=O) groups is 4. The number of allylic oxidation sites excluding steroid dienone is 12. The van der Waals surface area contributed by atoms with Crippen LogP contribution in [-0.2, 0) is 42.9 Å². The van der Waals surface area contributed by atoms with Gasteiger partial charge in [0.1, 0.15) is 18.8 Å². The summed E-state index contributed by atoms with van der Waals surface area (Å²) in [7, 11) is 0. The highest BCUT2D eigenvalue weighted by molar-refractivity contribution is 5.74. The Morgan fingerprint density at radius 1 is 0.420 bits per heavy atom. The quantitative estimate of drug-likeness (QED) is 0.0228. The first-order valence-electron chi connectivity index (χ1n) is 32.9. The van der Waals surface area contributed by atoms with Crippen LogP contribution < -0.4 is 0 Å². The van der Waals surface area contributed by atoms with E-state index in [1.807, 2.05) is 0 Å². The van der Waals surface area contributed by atoms with E-state index in [2.05, 4.69) is 93.7 Å². The van der Waals surface area contributed by atoms with E-state index in [4.69, 9.17) is 23.7 Å². The summed E-state index contributed by atoms with van der Waals surface area (Å²) in [5.74, 6) is -3.13. The average molecular weight is 1140 g/mol. The molecule has 0 saturated carbocycles. The van der Waals surface area contributed by atoms with Crippen LogP contribution in [0.1, 0.15) is 290 Å². The zero-order valence-electron chi connectivity index (χ0n) is 51.5. The lowest BCUT2D eigenvalue weighted by atomic mass is 9.98. The van der Waals surface area contributed by atoms with Gasteiger partial charge in [0.15, 0.2) is 24.6 Å². The number of rotatable bonds is 56. The number of hydrogen-bond donors (Lipinski definition) is 3. The number of aliphatic hydroxyl groups excluding tert-OH is 2. The summed E-state index contributed by atoms with van der Waals surface area (Å²) >= 11 is 0. The van der Waals surface area contributed by atoms with Crippen LogP contribution >= 0.6 is 0 Å². The van der Waals surface area contributed by atoms with Gasteiger partial charge in [-0.3, -0.25) is 14.4 Å². The smallest absolute Gasteiger partial charge is 0.335 e. The van der Waals surface area contributed by atoms with Crippen LogP contribution in [-0.4, -0.2) is 89.2 Å². The molecule has 0 spiro atoms. The second-order valence-electron chi connectivity index (χ2n) is 22.4. The van der Waals surface area contributed by atoms with Crippen LogP contribution in [0.2, 0.25) is 0 Å². The molecule has 0 amide bonds. The van der Waals surface area contributed by atoms with Crippen molar-refractivity contribution in [2.75, 3.05) is 13.2 Å². The minimum Gasteiger partial charge on any atom is -0.479 e. The van der Waals surface area contributed by atoms with Crippen molar-refractivity contribution >= 4 is 23.9 Å². The van der Waals surface area contributed by atoms with Crippen molar-refractivity contribution in [3.8, 4) is 0 Å². The Hall–Kier alpha value is -3.84. The van der Waals surface area contributed by atoms with Gasteiger partial charge >= 0.3 is 23.9 Å². The van der Waals surface area contributed by atoms with Crippen molar-refractivity contribution in [2.45, 2.75) is 327 Å². The van der Waals surface area contributed by atoms with Crippen LogP contribution in [0, 0.1) is 0 Å². The van der Waals surface area contributed by atoms with Crippen LogP contribution in [0.25, 0.3) is 0 Å². The fourth-order valence-corrected chi connectivity index (χ4v) is 9.74. The van der Waals surface area contributed by atoms with Crippen LogP contribution in [0.5, 0.6) is 0 Å². The number of aliphatic hydroxyl groups is 2. The molecule has 1 aliphatic rings. The number of ether oxygens (including phenoxy) is 5. The van der Waals surface area contributed by atoms with Gasteiger partial charge in [0.05, 0.1) is 6.61 Å². The molecule has 1 fully saturated rings. The average Bonchev–Trinajstić information content (AvgIpc) is 3.53. The van der Waals surface area contributed by atoms with E-state index in [1.54, 1.807) is 0 Å². The van der Waals surface area contributed by atoms with Gasteiger partial charge in [-0.1, -0.05) is 254 Å². The minimum absolute atomic E-state index is 0.0500.